The van der Waals surface area contributed by atoms with Crippen molar-refractivity contribution < 1.29 is 5.11 Å². The fourth-order valence-electron chi connectivity index (χ4n) is 2.57. The van der Waals surface area contributed by atoms with Gasteiger partial charge in [-0.3, -0.25) is 0 Å². The molecule has 0 saturated heterocycles. The molecule has 1 aromatic rings. The van der Waals surface area contributed by atoms with Gasteiger partial charge in [0, 0.05) is 5.92 Å². The molecule has 0 radical (unpaired) electrons. The number of rotatable bonds is 0. The molecule has 66 valence electrons. The molecular formula is C12H12O. The van der Waals surface area contributed by atoms with Gasteiger partial charge in [0.2, 0.25) is 0 Å². The molecule has 0 aromatic heterocycles. The summed E-state index contributed by atoms with van der Waals surface area (Å²) >= 11 is 0. The second-order valence-electron chi connectivity index (χ2n) is 4.07. The van der Waals surface area contributed by atoms with Crippen LogP contribution < -0.4 is 0 Å². The summed E-state index contributed by atoms with van der Waals surface area (Å²) in [6, 6.07) is 5.79. The van der Waals surface area contributed by atoms with Crippen LogP contribution in [0.2, 0.25) is 0 Å². The van der Waals surface area contributed by atoms with E-state index in [-0.39, 0.29) is 0 Å². The van der Waals surface area contributed by atoms with E-state index in [0.29, 0.717) is 11.7 Å². The van der Waals surface area contributed by atoms with Crippen LogP contribution in [-0.2, 0) is 6.42 Å². The SMILES string of the molecule is Oc1ccc2c(c1)CC1C=CC2C1. The molecule has 1 aromatic carbocycles. The van der Waals surface area contributed by atoms with Crippen LogP contribution in [0, 0.1) is 5.92 Å². The first kappa shape index (κ1) is 7.19. The fraction of sp³-hybridized carbons (Fsp3) is 0.333. The fourth-order valence-corrected chi connectivity index (χ4v) is 2.57. The van der Waals surface area contributed by atoms with Gasteiger partial charge in [0.15, 0.2) is 0 Å². The third-order valence-corrected chi connectivity index (χ3v) is 3.18. The molecule has 3 rings (SSSR count). The lowest BCUT2D eigenvalue weighted by molar-refractivity contribution is 0.471. The smallest absolute Gasteiger partial charge is 0.115 e. The minimum absolute atomic E-state index is 0.403. The van der Waals surface area contributed by atoms with Gasteiger partial charge in [-0.1, -0.05) is 18.2 Å². The molecule has 2 aliphatic rings. The molecule has 1 nitrogen and oxygen atoms in total. The van der Waals surface area contributed by atoms with Crippen LogP contribution in [0.3, 0.4) is 0 Å². The Labute approximate surface area is 77.7 Å². The van der Waals surface area contributed by atoms with Crippen LogP contribution in [0.1, 0.15) is 23.5 Å². The van der Waals surface area contributed by atoms with E-state index in [0.717, 1.165) is 12.3 Å². The monoisotopic (exact) mass is 172 g/mol. The highest BCUT2D eigenvalue weighted by molar-refractivity contribution is 5.43. The van der Waals surface area contributed by atoms with Crippen molar-refractivity contribution in [2.24, 2.45) is 5.92 Å². The van der Waals surface area contributed by atoms with E-state index in [2.05, 4.69) is 18.2 Å². The van der Waals surface area contributed by atoms with E-state index < -0.39 is 0 Å². The predicted molar refractivity (Wildman–Crippen MR) is 51.8 cm³/mol. The van der Waals surface area contributed by atoms with Crippen molar-refractivity contribution in [3.8, 4) is 5.75 Å². The van der Waals surface area contributed by atoms with Gasteiger partial charge >= 0.3 is 0 Å². The van der Waals surface area contributed by atoms with Crippen LogP contribution in [-0.4, -0.2) is 5.11 Å². The highest BCUT2D eigenvalue weighted by Gasteiger charge is 2.28. The predicted octanol–water partition coefficient (Wildman–Crippen LogP) is 2.61. The first-order valence-electron chi connectivity index (χ1n) is 4.83. The first-order valence-corrected chi connectivity index (χ1v) is 4.83. The number of phenolic OH excluding ortho intramolecular Hbond substituents is 1. The van der Waals surface area contributed by atoms with Gasteiger partial charge in [0.05, 0.1) is 0 Å². The second-order valence-corrected chi connectivity index (χ2v) is 4.07. The highest BCUT2D eigenvalue weighted by Crippen LogP contribution is 2.41. The molecule has 0 spiro atoms. The van der Waals surface area contributed by atoms with E-state index in [9.17, 15) is 5.11 Å². The Balaban J connectivity index is 2.15. The molecule has 2 bridgehead atoms. The minimum atomic E-state index is 0.403. The number of allylic oxidation sites excluding steroid dienone is 2. The van der Waals surface area contributed by atoms with Gasteiger partial charge in [0.25, 0.3) is 0 Å². The zero-order valence-corrected chi connectivity index (χ0v) is 7.40. The van der Waals surface area contributed by atoms with Crippen LogP contribution >= 0.6 is 0 Å². The van der Waals surface area contributed by atoms with E-state index in [1.165, 1.54) is 17.5 Å². The molecule has 1 N–H and O–H groups in total. The molecule has 2 unspecified atom stereocenters. The number of phenols is 1. The molecule has 0 heterocycles. The van der Waals surface area contributed by atoms with Crippen molar-refractivity contribution in [2.75, 3.05) is 0 Å². The molecule has 1 heteroatoms. The third-order valence-electron chi connectivity index (χ3n) is 3.18. The summed E-state index contributed by atoms with van der Waals surface area (Å²) in [7, 11) is 0. The van der Waals surface area contributed by atoms with Gasteiger partial charge in [0.1, 0.15) is 5.75 Å². The van der Waals surface area contributed by atoms with Gasteiger partial charge < -0.3 is 5.11 Å². The van der Waals surface area contributed by atoms with Crippen molar-refractivity contribution in [1.82, 2.24) is 0 Å². The van der Waals surface area contributed by atoms with Crippen molar-refractivity contribution in [2.45, 2.75) is 18.8 Å². The van der Waals surface area contributed by atoms with Crippen molar-refractivity contribution in [3.63, 3.8) is 0 Å². The van der Waals surface area contributed by atoms with E-state index in [1.807, 2.05) is 6.07 Å². The van der Waals surface area contributed by atoms with Crippen LogP contribution in [0.15, 0.2) is 30.4 Å². The largest absolute Gasteiger partial charge is 0.508 e. The Morgan fingerprint density at radius 2 is 2.15 bits per heavy atom. The lowest BCUT2D eigenvalue weighted by atomic mass is 9.82. The summed E-state index contributed by atoms with van der Waals surface area (Å²) in [6.07, 6.45) is 7.02. The van der Waals surface area contributed by atoms with Crippen LogP contribution in [0.25, 0.3) is 0 Å². The quantitative estimate of drug-likeness (QED) is 0.596. The Morgan fingerprint density at radius 1 is 1.23 bits per heavy atom. The zero-order chi connectivity index (χ0) is 8.84. The van der Waals surface area contributed by atoms with Crippen molar-refractivity contribution in [1.29, 1.82) is 0 Å². The lowest BCUT2D eigenvalue weighted by Gasteiger charge is -2.22. The zero-order valence-electron chi connectivity index (χ0n) is 7.40. The third kappa shape index (κ3) is 0.998. The topological polar surface area (TPSA) is 20.2 Å². The Hall–Kier alpha value is -1.24. The van der Waals surface area contributed by atoms with E-state index in [1.54, 1.807) is 6.07 Å². The molecule has 2 aliphatic carbocycles. The normalized spacial score (nSPS) is 28.9. The lowest BCUT2D eigenvalue weighted by Crippen LogP contribution is -2.10. The summed E-state index contributed by atoms with van der Waals surface area (Å²) in [5, 5.41) is 9.36. The first-order chi connectivity index (χ1) is 6.33. The number of hydrogen-bond acceptors (Lipinski definition) is 1. The van der Waals surface area contributed by atoms with Crippen LogP contribution in [0.5, 0.6) is 5.75 Å². The Kier molecular flexibility index (Phi) is 1.32. The molecule has 0 fully saturated rings. The average molecular weight is 172 g/mol. The average Bonchev–Trinajstić information content (AvgIpc) is 2.48. The second kappa shape index (κ2) is 2.38. The summed E-state index contributed by atoms with van der Waals surface area (Å²) in [6.45, 7) is 0. The van der Waals surface area contributed by atoms with Crippen molar-refractivity contribution in [3.05, 3.63) is 41.5 Å². The maximum atomic E-state index is 9.36. The Morgan fingerprint density at radius 3 is 3.08 bits per heavy atom. The van der Waals surface area contributed by atoms with E-state index >= 15 is 0 Å². The van der Waals surface area contributed by atoms with Gasteiger partial charge in [-0.25, -0.2) is 0 Å². The minimum Gasteiger partial charge on any atom is -0.508 e. The van der Waals surface area contributed by atoms with Crippen LogP contribution in [0.4, 0.5) is 0 Å². The molecule has 0 saturated carbocycles. The summed E-state index contributed by atoms with van der Waals surface area (Å²) in [5.41, 5.74) is 2.76. The molecular weight excluding hydrogens is 160 g/mol. The molecule has 0 aliphatic heterocycles. The van der Waals surface area contributed by atoms with Gasteiger partial charge in [-0.05, 0) is 42.0 Å². The van der Waals surface area contributed by atoms with E-state index in [4.69, 9.17) is 0 Å². The highest BCUT2D eigenvalue weighted by atomic mass is 16.3. The number of benzene rings is 1. The Bertz CT molecular complexity index is 379. The summed E-state index contributed by atoms with van der Waals surface area (Å²) in [4.78, 5) is 0. The van der Waals surface area contributed by atoms with Crippen molar-refractivity contribution >= 4 is 0 Å². The number of fused-ring (bicyclic) bond motifs is 4. The number of hydrogen-bond donors (Lipinski definition) is 1. The molecule has 2 atom stereocenters. The maximum Gasteiger partial charge on any atom is 0.115 e. The standard InChI is InChI=1S/C12H12O/c13-11-3-4-12-9-2-1-8(5-9)6-10(12)7-11/h1-4,7-9,13H,5-6H2. The van der Waals surface area contributed by atoms with Gasteiger partial charge in [-0.2, -0.15) is 0 Å². The summed E-state index contributed by atoms with van der Waals surface area (Å²) < 4.78 is 0. The summed E-state index contributed by atoms with van der Waals surface area (Å²) in [5.74, 6) is 1.74. The maximum absolute atomic E-state index is 9.36. The molecule has 0 amide bonds. The molecule has 13 heavy (non-hydrogen) atoms. The number of aromatic hydroxyl groups is 1. The van der Waals surface area contributed by atoms with Gasteiger partial charge in [-0.15, -0.1) is 0 Å².